The van der Waals surface area contributed by atoms with E-state index in [-0.39, 0.29) is 31.4 Å². The fourth-order valence-corrected chi connectivity index (χ4v) is 3.15. The summed E-state index contributed by atoms with van der Waals surface area (Å²) >= 11 is 0. The van der Waals surface area contributed by atoms with Crippen LogP contribution >= 0.6 is 0 Å². The van der Waals surface area contributed by atoms with Crippen molar-refractivity contribution >= 4 is 0 Å². The quantitative estimate of drug-likeness (QED) is 0.0858. The van der Waals surface area contributed by atoms with Crippen molar-refractivity contribution in [3.05, 3.63) is 132 Å². The van der Waals surface area contributed by atoms with Gasteiger partial charge in [0.2, 0.25) is 0 Å². The van der Waals surface area contributed by atoms with Gasteiger partial charge in [0.15, 0.2) is 0 Å². The van der Waals surface area contributed by atoms with Crippen LogP contribution in [0.1, 0.15) is 9.68 Å². The molecule has 5 aromatic rings. The number of rotatable bonds is 3. The average Bonchev–Trinajstić information content (AvgIpc) is 2.95. The third-order valence-electron chi connectivity index (χ3n) is 4.91. The minimum Gasteiger partial charge on any atom is -0.304 e. The van der Waals surface area contributed by atoms with Gasteiger partial charge in [-0.3, -0.25) is 8.78 Å². The number of nitrogens with zero attached hydrogens (tertiary/aromatic N) is 2. The van der Waals surface area contributed by atoms with Gasteiger partial charge in [-0.25, -0.2) is 8.78 Å². The molecule has 0 saturated carbocycles. The minimum absolute atomic E-state index is 0. The van der Waals surface area contributed by atoms with E-state index in [0.29, 0.717) is 0 Å². The van der Waals surface area contributed by atoms with E-state index in [1.165, 1.54) is 5.56 Å². The van der Waals surface area contributed by atoms with E-state index >= 15 is 0 Å². The summed E-state index contributed by atoms with van der Waals surface area (Å²) in [6.07, 6.45) is 2.83. The number of hydrogen-bond donors (Lipinski definition) is 0. The molecular formula is C29H18F4IrN2-2. The summed E-state index contributed by atoms with van der Waals surface area (Å²) in [5.41, 5.74) is 3.22. The van der Waals surface area contributed by atoms with E-state index in [0.717, 1.165) is 35.2 Å². The molecule has 0 aliphatic rings. The van der Waals surface area contributed by atoms with E-state index in [1.807, 2.05) is 54.7 Å². The molecule has 0 saturated heterocycles. The Kier molecular flexibility index (Phi) is 7.80. The van der Waals surface area contributed by atoms with Gasteiger partial charge in [0, 0.05) is 36.6 Å². The molecule has 0 N–H and O–H groups in total. The summed E-state index contributed by atoms with van der Waals surface area (Å²) in [6, 6.07) is 29.3. The summed E-state index contributed by atoms with van der Waals surface area (Å²) in [4.78, 5) is 8.10. The molecule has 5 rings (SSSR count). The van der Waals surface area contributed by atoms with Crippen LogP contribution in [0.5, 0.6) is 0 Å². The van der Waals surface area contributed by atoms with Gasteiger partial charge < -0.3 is 9.97 Å². The third-order valence-corrected chi connectivity index (χ3v) is 4.91. The Balaban J connectivity index is 0.000000211. The van der Waals surface area contributed by atoms with Gasteiger partial charge in [-0.1, -0.05) is 66.2 Å². The smallest absolute Gasteiger partial charge is 0.114 e. The number of hydrogen-bond acceptors (Lipinski definition) is 2. The van der Waals surface area contributed by atoms with E-state index in [9.17, 15) is 17.6 Å². The van der Waals surface area contributed by atoms with Gasteiger partial charge in [-0.15, -0.1) is 35.9 Å². The summed E-state index contributed by atoms with van der Waals surface area (Å²) < 4.78 is 73.8. The zero-order chi connectivity index (χ0) is 27.3. The largest absolute Gasteiger partial charge is 0.304 e. The van der Waals surface area contributed by atoms with Crippen LogP contribution in [0.2, 0.25) is 0 Å². The van der Waals surface area contributed by atoms with Crippen LogP contribution in [-0.2, 0) is 20.1 Å². The van der Waals surface area contributed by atoms with Gasteiger partial charge in [0.05, 0.1) is 11.6 Å². The Morgan fingerprint density at radius 2 is 1.42 bits per heavy atom. The molecule has 0 spiro atoms. The minimum atomic E-state index is -2.41. The zero-order valence-corrected chi connectivity index (χ0v) is 20.8. The van der Waals surface area contributed by atoms with Crippen molar-refractivity contribution in [2.45, 2.75) is 6.85 Å². The number of aryl methyl sites for hydroxylation is 1. The van der Waals surface area contributed by atoms with Gasteiger partial charge in [-0.2, -0.15) is 0 Å². The topological polar surface area (TPSA) is 25.8 Å². The van der Waals surface area contributed by atoms with Gasteiger partial charge in [0.1, 0.15) is 11.6 Å². The van der Waals surface area contributed by atoms with E-state index in [2.05, 4.69) is 34.2 Å². The molecule has 0 aliphatic heterocycles. The van der Waals surface area contributed by atoms with Crippen LogP contribution in [-0.4, -0.2) is 9.97 Å². The van der Waals surface area contributed by atoms with Crippen molar-refractivity contribution < 1.29 is 41.8 Å². The van der Waals surface area contributed by atoms with Crippen molar-refractivity contribution in [3.63, 3.8) is 0 Å². The summed E-state index contributed by atoms with van der Waals surface area (Å²) in [5, 5.41) is 0. The number of pyridine rings is 2. The van der Waals surface area contributed by atoms with Crippen LogP contribution in [0.15, 0.2) is 91.3 Å². The molecule has 7 heteroatoms. The fraction of sp³-hybridized carbons (Fsp3) is 0.0345. The second-order valence-corrected chi connectivity index (χ2v) is 7.26. The molecule has 1 radical (unpaired) electrons. The van der Waals surface area contributed by atoms with Crippen LogP contribution < -0.4 is 0 Å². The molecule has 2 nitrogen and oxygen atoms in total. The van der Waals surface area contributed by atoms with Crippen molar-refractivity contribution in [1.29, 1.82) is 0 Å². The van der Waals surface area contributed by atoms with Crippen LogP contribution in [0.4, 0.5) is 17.6 Å². The third kappa shape index (κ3) is 6.30. The fourth-order valence-electron chi connectivity index (χ4n) is 3.15. The molecule has 2 heterocycles. The molecule has 0 unspecified atom stereocenters. The van der Waals surface area contributed by atoms with Crippen LogP contribution in [0.25, 0.3) is 33.6 Å². The van der Waals surface area contributed by atoms with E-state index < -0.39 is 35.7 Å². The average molecular weight is 666 g/mol. The first kappa shape index (κ1) is 22.8. The molecule has 0 amide bonds. The van der Waals surface area contributed by atoms with Crippen molar-refractivity contribution in [1.82, 2.24) is 9.97 Å². The maximum atomic E-state index is 13.5. The maximum absolute atomic E-state index is 13.5. The van der Waals surface area contributed by atoms with Crippen molar-refractivity contribution in [3.8, 4) is 33.6 Å². The first-order valence-electron chi connectivity index (χ1n) is 11.9. The summed E-state index contributed by atoms with van der Waals surface area (Å²) in [6.45, 7) is -2.41. The molecule has 0 fully saturated rings. The Hall–Kier alpha value is -3.67. The molecule has 0 aliphatic carbocycles. The Labute approximate surface area is 224 Å². The molecule has 3 aromatic carbocycles. The molecule has 2 aromatic heterocycles. The second-order valence-electron chi connectivity index (χ2n) is 7.26. The number of benzene rings is 3. The predicted octanol–water partition coefficient (Wildman–Crippen LogP) is 7.63. The van der Waals surface area contributed by atoms with Crippen LogP contribution in [0.3, 0.4) is 0 Å². The number of aromatic nitrogens is 2. The monoisotopic (exact) mass is 666 g/mol. The molecular weight excluding hydrogens is 645 g/mol. The first-order chi connectivity index (χ1) is 18.1. The Morgan fingerprint density at radius 1 is 0.694 bits per heavy atom. The second kappa shape index (κ2) is 12.3. The standard InChI is InChI=1S/C17H12N.C12H6F4N.Ir/c1-3-7-14(8-4-1)16-11-12-17(18-13-16)15-9-5-2-6-10-15;1-6-2-3-9(17-5-6)7-4-8(13)11(15)12(16)10(7)14;/h1-9,11-13H;2-3,5H,1H3;/q2*-1;/i;1D3;. The molecule has 0 bridgehead atoms. The molecule has 36 heavy (non-hydrogen) atoms. The number of halogens is 4. The Bertz CT molecular complexity index is 1460. The molecule has 183 valence electrons. The van der Waals surface area contributed by atoms with Crippen LogP contribution in [0, 0.1) is 42.3 Å². The van der Waals surface area contributed by atoms with Gasteiger partial charge >= 0.3 is 0 Å². The van der Waals surface area contributed by atoms with Crippen molar-refractivity contribution in [2.75, 3.05) is 0 Å². The normalized spacial score (nSPS) is 11.7. The first-order valence-corrected chi connectivity index (χ1v) is 10.4. The van der Waals surface area contributed by atoms with E-state index in [1.54, 1.807) is 6.07 Å². The maximum Gasteiger partial charge on any atom is 0.114 e. The van der Waals surface area contributed by atoms with Gasteiger partial charge in [0.25, 0.3) is 0 Å². The van der Waals surface area contributed by atoms with Gasteiger partial charge in [-0.05, 0) is 34.9 Å². The van der Waals surface area contributed by atoms with Crippen molar-refractivity contribution in [2.24, 2.45) is 0 Å². The SMILES string of the molecule is [2H]C([2H])([2H])c1ccc(-c2[c-]c(F)c(F)c(F)c2F)nc1.[Ir].[c-]1ccccc1-c1ccc(-c2ccccc2)cn1. The summed E-state index contributed by atoms with van der Waals surface area (Å²) in [5.74, 6) is -7.26. The predicted molar refractivity (Wildman–Crippen MR) is 127 cm³/mol. The molecule has 0 atom stereocenters. The van der Waals surface area contributed by atoms with E-state index in [4.69, 9.17) is 4.11 Å². The summed E-state index contributed by atoms with van der Waals surface area (Å²) in [7, 11) is 0. The Morgan fingerprint density at radius 3 is 2.03 bits per heavy atom. The zero-order valence-electron chi connectivity index (χ0n) is 21.4.